The Balaban J connectivity index is 2.87. The van der Waals surface area contributed by atoms with Gasteiger partial charge < -0.3 is 24.7 Å². The van der Waals surface area contributed by atoms with Gasteiger partial charge >= 0.3 is 23.9 Å². The Hall–Kier alpha value is -2.94. The van der Waals surface area contributed by atoms with Crippen molar-refractivity contribution in [3.05, 3.63) is 23.8 Å². The van der Waals surface area contributed by atoms with Crippen LogP contribution in [-0.2, 0) is 35.1 Å². The molecule has 9 heteroatoms. The van der Waals surface area contributed by atoms with Crippen molar-refractivity contribution in [3.8, 4) is 11.5 Å². The van der Waals surface area contributed by atoms with Crippen molar-refractivity contribution in [1.29, 1.82) is 0 Å². The summed E-state index contributed by atoms with van der Waals surface area (Å²) in [6.07, 6.45) is 0.187. The van der Waals surface area contributed by atoms with E-state index in [1.807, 2.05) is 41.5 Å². The molecule has 214 valence electrons. The zero-order valence-corrected chi connectivity index (χ0v) is 24.1. The third kappa shape index (κ3) is 13.0. The number of carbonyl (C=O) groups is 4. The largest absolute Gasteiger partial charge is 0.459 e. The van der Waals surface area contributed by atoms with Gasteiger partial charge in [-0.2, -0.15) is 0 Å². The van der Waals surface area contributed by atoms with Gasteiger partial charge in [-0.1, -0.05) is 47.6 Å². The minimum atomic E-state index is -1.02. The minimum absolute atomic E-state index is 0.0830. The molecule has 0 aliphatic heterocycles. The Bertz CT molecular complexity index is 941. The summed E-state index contributed by atoms with van der Waals surface area (Å²) in [6, 6.07) is 3.68. The average Bonchev–Trinajstić information content (AvgIpc) is 2.78. The Morgan fingerprint density at radius 2 is 1.24 bits per heavy atom. The second kappa shape index (κ2) is 16.1. The first-order valence-corrected chi connectivity index (χ1v) is 13.4. The van der Waals surface area contributed by atoms with E-state index in [1.165, 1.54) is 12.1 Å². The fourth-order valence-corrected chi connectivity index (χ4v) is 3.31. The lowest BCUT2D eigenvalue weighted by Crippen LogP contribution is -2.39. The summed E-state index contributed by atoms with van der Waals surface area (Å²) in [6.45, 7) is 14.9. The lowest BCUT2D eigenvalue weighted by Gasteiger charge is -2.22. The molecule has 0 aliphatic carbocycles. The molecule has 9 nitrogen and oxygen atoms in total. The van der Waals surface area contributed by atoms with E-state index in [9.17, 15) is 19.2 Å². The molecule has 0 fully saturated rings. The van der Waals surface area contributed by atoms with Gasteiger partial charge in [-0.3, -0.25) is 19.2 Å². The van der Waals surface area contributed by atoms with Gasteiger partial charge in [0.15, 0.2) is 11.5 Å². The molecule has 1 aromatic carbocycles. The number of hydrogen-bond acceptors (Lipinski definition) is 9. The lowest BCUT2D eigenvalue weighted by molar-refractivity contribution is -0.166. The van der Waals surface area contributed by atoms with Crippen LogP contribution >= 0.6 is 0 Å². The van der Waals surface area contributed by atoms with Crippen LogP contribution in [0.4, 0.5) is 0 Å². The SMILES string of the molecule is CC(C)CCC(=O)O[C@@H](C)[C@H](C)OC(=O)[C@@H](N)Cc1ccc(OC(=O)CC(C)C)c(OC(=O)CC(C)C)c1. The molecule has 38 heavy (non-hydrogen) atoms. The standard InChI is InChI=1S/C29H45NO8/c1-17(2)9-12-26(31)35-20(7)21(8)36-29(34)23(30)15-22-10-11-24(37-27(32)13-18(3)4)25(16-22)38-28(33)14-19(5)6/h10-11,16-21,23H,9,12-15,30H2,1-8H3/t20-,21-,23-/m0/s1. The number of esters is 4. The van der Waals surface area contributed by atoms with Gasteiger partial charge in [0.25, 0.3) is 0 Å². The number of benzene rings is 1. The number of hydrogen-bond donors (Lipinski definition) is 1. The quantitative estimate of drug-likeness (QED) is 0.249. The molecule has 0 saturated carbocycles. The highest BCUT2D eigenvalue weighted by Crippen LogP contribution is 2.30. The molecule has 0 aliphatic rings. The van der Waals surface area contributed by atoms with E-state index in [4.69, 9.17) is 24.7 Å². The fourth-order valence-electron chi connectivity index (χ4n) is 3.31. The molecule has 0 bridgehead atoms. The molecule has 0 saturated heterocycles. The third-order valence-corrected chi connectivity index (χ3v) is 5.57. The molecule has 0 amide bonds. The van der Waals surface area contributed by atoms with E-state index in [0.717, 1.165) is 6.42 Å². The Morgan fingerprint density at radius 1 is 0.711 bits per heavy atom. The fraction of sp³-hybridized carbons (Fsp3) is 0.655. The molecule has 0 heterocycles. The summed E-state index contributed by atoms with van der Waals surface area (Å²) >= 11 is 0. The smallest absolute Gasteiger partial charge is 0.323 e. The molecule has 1 aromatic rings. The van der Waals surface area contributed by atoms with Crippen LogP contribution in [0.5, 0.6) is 11.5 Å². The van der Waals surface area contributed by atoms with Crippen LogP contribution in [0, 0.1) is 17.8 Å². The summed E-state index contributed by atoms with van der Waals surface area (Å²) < 4.78 is 21.7. The minimum Gasteiger partial charge on any atom is -0.459 e. The van der Waals surface area contributed by atoms with Gasteiger partial charge in [-0.05, 0) is 62.1 Å². The molecule has 0 radical (unpaired) electrons. The predicted molar refractivity (Wildman–Crippen MR) is 143 cm³/mol. The van der Waals surface area contributed by atoms with Gasteiger partial charge in [-0.25, -0.2) is 0 Å². The van der Waals surface area contributed by atoms with Crippen molar-refractivity contribution in [2.45, 2.75) is 106 Å². The summed E-state index contributed by atoms with van der Waals surface area (Å²) in [7, 11) is 0. The van der Waals surface area contributed by atoms with E-state index in [-0.39, 0.29) is 48.6 Å². The maximum absolute atomic E-state index is 12.6. The van der Waals surface area contributed by atoms with E-state index < -0.39 is 36.2 Å². The van der Waals surface area contributed by atoms with Crippen LogP contribution in [0.1, 0.15) is 86.6 Å². The van der Waals surface area contributed by atoms with Gasteiger partial charge in [0, 0.05) is 19.3 Å². The molecule has 0 unspecified atom stereocenters. The van der Waals surface area contributed by atoms with Crippen LogP contribution in [-0.4, -0.2) is 42.1 Å². The highest BCUT2D eigenvalue weighted by atomic mass is 16.6. The van der Waals surface area contributed by atoms with Crippen molar-refractivity contribution >= 4 is 23.9 Å². The van der Waals surface area contributed by atoms with Crippen molar-refractivity contribution in [2.24, 2.45) is 23.5 Å². The van der Waals surface area contributed by atoms with E-state index >= 15 is 0 Å². The second-order valence-electron chi connectivity index (χ2n) is 11.0. The van der Waals surface area contributed by atoms with Crippen LogP contribution < -0.4 is 15.2 Å². The van der Waals surface area contributed by atoms with Crippen molar-refractivity contribution < 1.29 is 38.1 Å². The maximum atomic E-state index is 12.6. The molecular formula is C29H45NO8. The van der Waals surface area contributed by atoms with Crippen LogP contribution in [0.3, 0.4) is 0 Å². The van der Waals surface area contributed by atoms with Gasteiger partial charge in [0.05, 0.1) is 0 Å². The molecule has 0 aromatic heterocycles. The van der Waals surface area contributed by atoms with Crippen molar-refractivity contribution in [2.75, 3.05) is 0 Å². The summed E-state index contributed by atoms with van der Waals surface area (Å²) in [5, 5.41) is 0. The monoisotopic (exact) mass is 535 g/mol. The molecule has 3 atom stereocenters. The Kier molecular flexibility index (Phi) is 14.0. The van der Waals surface area contributed by atoms with Gasteiger partial charge in [0.2, 0.25) is 0 Å². The highest BCUT2D eigenvalue weighted by Gasteiger charge is 2.25. The Labute approximate surface area is 226 Å². The van der Waals surface area contributed by atoms with E-state index in [1.54, 1.807) is 19.9 Å². The first kappa shape index (κ1) is 33.1. The van der Waals surface area contributed by atoms with Crippen molar-refractivity contribution in [3.63, 3.8) is 0 Å². The normalized spacial score (nSPS) is 13.7. The predicted octanol–water partition coefficient (Wildman–Crippen LogP) is 4.76. The highest BCUT2D eigenvalue weighted by molar-refractivity contribution is 5.77. The number of rotatable bonds is 15. The van der Waals surface area contributed by atoms with Crippen LogP contribution in [0.2, 0.25) is 0 Å². The first-order valence-electron chi connectivity index (χ1n) is 13.4. The zero-order valence-electron chi connectivity index (χ0n) is 24.1. The first-order chi connectivity index (χ1) is 17.7. The van der Waals surface area contributed by atoms with E-state index in [0.29, 0.717) is 17.9 Å². The summed E-state index contributed by atoms with van der Waals surface area (Å²) in [5.74, 6) is -1.14. The van der Waals surface area contributed by atoms with E-state index in [2.05, 4.69) is 0 Å². The molecular weight excluding hydrogens is 490 g/mol. The van der Waals surface area contributed by atoms with Crippen LogP contribution in [0.15, 0.2) is 18.2 Å². The molecule has 1 rings (SSSR count). The summed E-state index contributed by atoms with van der Waals surface area (Å²) in [5.41, 5.74) is 6.68. The topological polar surface area (TPSA) is 131 Å². The lowest BCUT2D eigenvalue weighted by atomic mass is 10.1. The maximum Gasteiger partial charge on any atom is 0.323 e. The molecule has 2 N–H and O–H groups in total. The van der Waals surface area contributed by atoms with Gasteiger partial charge in [0.1, 0.15) is 18.2 Å². The van der Waals surface area contributed by atoms with Gasteiger partial charge in [-0.15, -0.1) is 0 Å². The molecule has 0 spiro atoms. The summed E-state index contributed by atoms with van der Waals surface area (Å²) in [4.78, 5) is 49.1. The van der Waals surface area contributed by atoms with Crippen molar-refractivity contribution in [1.82, 2.24) is 0 Å². The third-order valence-electron chi connectivity index (χ3n) is 5.57. The second-order valence-corrected chi connectivity index (χ2v) is 11.0. The number of ether oxygens (including phenoxy) is 4. The van der Waals surface area contributed by atoms with Crippen LogP contribution in [0.25, 0.3) is 0 Å². The Morgan fingerprint density at radius 3 is 1.76 bits per heavy atom. The number of nitrogens with two attached hydrogens (primary N) is 1. The average molecular weight is 536 g/mol. The number of carbonyl (C=O) groups excluding carboxylic acids is 4. The zero-order chi connectivity index (χ0) is 29.0.